The van der Waals surface area contributed by atoms with Crippen LogP contribution in [0.15, 0.2) is 18.2 Å². The van der Waals surface area contributed by atoms with E-state index in [0.717, 1.165) is 25.7 Å². The van der Waals surface area contributed by atoms with Crippen molar-refractivity contribution in [1.29, 1.82) is 0 Å². The molecule has 2 N–H and O–H groups in total. The monoisotopic (exact) mass is 304 g/mol. The van der Waals surface area contributed by atoms with Crippen LogP contribution in [0.4, 0.5) is 5.69 Å². The van der Waals surface area contributed by atoms with Crippen LogP contribution in [0.1, 0.15) is 25.7 Å². The molecule has 19 heavy (non-hydrogen) atoms. The molecule has 0 unspecified atom stereocenters. The average Bonchev–Trinajstić information content (AvgIpc) is 2.64. The lowest BCUT2D eigenvalue weighted by Crippen LogP contribution is -2.36. The van der Waals surface area contributed by atoms with Crippen molar-refractivity contribution in [2.75, 3.05) is 17.8 Å². The molecule has 0 spiro atoms. The summed E-state index contributed by atoms with van der Waals surface area (Å²) in [5.74, 6) is -0.248. The van der Waals surface area contributed by atoms with Gasteiger partial charge in [0.25, 0.3) is 0 Å². The second-order valence-corrected chi connectivity index (χ2v) is 6.63. The highest BCUT2D eigenvalue weighted by Gasteiger charge is 2.24. The maximum Gasteiger partial charge on any atom is 0.301 e. The summed E-state index contributed by atoms with van der Waals surface area (Å²) in [5.41, 5.74) is 0.108. The first kappa shape index (κ1) is 14.4. The number of benzene rings is 1. The van der Waals surface area contributed by atoms with E-state index >= 15 is 0 Å². The number of hydrogen-bond donors (Lipinski definition) is 2. The normalized spacial score (nSPS) is 17.9. The number of nitrogens with zero attached hydrogens (tertiary/aromatic N) is 1. The number of phenolic OH excluding ortho intramolecular Hbond substituents is 1. The van der Waals surface area contributed by atoms with Crippen LogP contribution in [0.3, 0.4) is 0 Å². The zero-order valence-electron chi connectivity index (χ0n) is 10.5. The van der Waals surface area contributed by atoms with Crippen molar-refractivity contribution in [3.05, 3.63) is 23.2 Å². The Morgan fingerprint density at radius 3 is 2.42 bits per heavy atom. The van der Waals surface area contributed by atoms with E-state index in [1.807, 2.05) is 0 Å². The maximum atomic E-state index is 12.2. The zero-order chi connectivity index (χ0) is 13.9. The van der Waals surface area contributed by atoms with Crippen LogP contribution in [0.5, 0.6) is 5.75 Å². The lowest BCUT2D eigenvalue weighted by Gasteiger charge is -2.21. The van der Waals surface area contributed by atoms with E-state index in [1.165, 1.54) is 16.4 Å². The smallest absolute Gasteiger partial charge is 0.301 e. The molecule has 1 aromatic carbocycles. The molecule has 1 aromatic rings. The molecule has 1 heterocycles. The maximum absolute atomic E-state index is 12.2. The molecular weight excluding hydrogens is 288 g/mol. The fourth-order valence-corrected chi connectivity index (χ4v) is 3.57. The Kier molecular flexibility index (Phi) is 4.54. The molecule has 0 aliphatic carbocycles. The molecule has 1 aliphatic rings. The summed E-state index contributed by atoms with van der Waals surface area (Å²) in [6.45, 7) is 1.02. The van der Waals surface area contributed by atoms with Gasteiger partial charge in [-0.2, -0.15) is 12.7 Å². The largest absolute Gasteiger partial charge is 0.504 e. The van der Waals surface area contributed by atoms with Gasteiger partial charge < -0.3 is 5.11 Å². The molecule has 7 heteroatoms. The van der Waals surface area contributed by atoms with Crippen LogP contribution in [0.2, 0.25) is 5.02 Å². The lowest BCUT2D eigenvalue weighted by atomic mass is 10.2. The summed E-state index contributed by atoms with van der Waals surface area (Å²) in [5, 5.41) is 9.86. The van der Waals surface area contributed by atoms with Gasteiger partial charge in [0, 0.05) is 13.1 Å². The van der Waals surface area contributed by atoms with Gasteiger partial charge in [-0.1, -0.05) is 30.5 Å². The summed E-state index contributed by atoms with van der Waals surface area (Å²) >= 11 is 5.76. The number of phenols is 1. The first-order valence-corrected chi connectivity index (χ1v) is 8.08. The predicted octanol–water partition coefficient (Wildman–Crippen LogP) is 2.58. The minimum atomic E-state index is -3.63. The molecular formula is C12H17ClN2O3S. The van der Waals surface area contributed by atoms with Crippen molar-refractivity contribution < 1.29 is 13.5 Å². The minimum absolute atomic E-state index is 0.108. The molecule has 0 bridgehead atoms. The summed E-state index contributed by atoms with van der Waals surface area (Å²) in [6, 6.07) is 4.57. The van der Waals surface area contributed by atoms with E-state index in [4.69, 9.17) is 11.6 Å². The number of anilines is 1. The Morgan fingerprint density at radius 1 is 1.16 bits per heavy atom. The fourth-order valence-electron chi connectivity index (χ4n) is 2.08. The van der Waals surface area contributed by atoms with E-state index < -0.39 is 10.2 Å². The highest BCUT2D eigenvalue weighted by atomic mass is 35.5. The molecule has 0 amide bonds. The van der Waals surface area contributed by atoms with E-state index in [9.17, 15) is 13.5 Å². The van der Waals surface area contributed by atoms with Crippen molar-refractivity contribution in [2.45, 2.75) is 25.7 Å². The van der Waals surface area contributed by atoms with Gasteiger partial charge in [0.05, 0.1) is 10.7 Å². The van der Waals surface area contributed by atoms with Crippen LogP contribution in [-0.4, -0.2) is 30.9 Å². The topological polar surface area (TPSA) is 69.6 Å². The van der Waals surface area contributed by atoms with Crippen molar-refractivity contribution in [3.8, 4) is 5.75 Å². The molecule has 0 aromatic heterocycles. The molecule has 0 saturated carbocycles. The summed E-state index contributed by atoms with van der Waals surface area (Å²) in [6.07, 6.45) is 3.83. The second kappa shape index (κ2) is 5.98. The number of aromatic hydroxyl groups is 1. The molecule has 106 valence electrons. The quantitative estimate of drug-likeness (QED) is 0.843. The number of para-hydroxylation sites is 1. The van der Waals surface area contributed by atoms with Gasteiger partial charge in [-0.15, -0.1) is 0 Å². The van der Waals surface area contributed by atoms with Crippen molar-refractivity contribution in [2.24, 2.45) is 0 Å². The Labute approximate surface area is 118 Å². The van der Waals surface area contributed by atoms with Crippen LogP contribution >= 0.6 is 11.6 Å². The van der Waals surface area contributed by atoms with Crippen molar-refractivity contribution in [3.63, 3.8) is 0 Å². The van der Waals surface area contributed by atoms with Crippen LogP contribution < -0.4 is 4.72 Å². The van der Waals surface area contributed by atoms with Crippen molar-refractivity contribution >= 4 is 27.5 Å². The number of nitrogens with one attached hydrogen (secondary N) is 1. The third-order valence-corrected chi connectivity index (χ3v) is 4.96. The highest BCUT2D eigenvalue weighted by Crippen LogP contribution is 2.32. The second-order valence-electron chi connectivity index (χ2n) is 4.56. The minimum Gasteiger partial charge on any atom is -0.504 e. The summed E-state index contributed by atoms with van der Waals surface area (Å²) in [7, 11) is -3.63. The molecule has 1 saturated heterocycles. The van der Waals surface area contributed by atoms with Crippen LogP contribution in [0.25, 0.3) is 0 Å². The van der Waals surface area contributed by atoms with E-state index in [-0.39, 0.29) is 16.5 Å². The van der Waals surface area contributed by atoms with Gasteiger partial charge >= 0.3 is 10.2 Å². The number of rotatable bonds is 3. The third kappa shape index (κ3) is 3.52. The molecule has 5 nitrogen and oxygen atoms in total. The standard InChI is InChI=1S/C12H17ClN2O3S/c13-10-6-5-7-11(12(10)16)14-19(17,18)15-8-3-1-2-4-9-15/h5-7,14,16H,1-4,8-9H2. The number of hydrogen-bond acceptors (Lipinski definition) is 3. The van der Waals surface area contributed by atoms with Gasteiger partial charge in [0.1, 0.15) is 0 Å². The Bertz CT molecular complexity index is 540. The lowest BCUT2D eigenvalue weighted by molar-refractivity contribution is 0.427. The molecule has 1 aliphatic heterocycles. The van der Waals surface area contributed by atoms with E-state index in [0.29, 0.717) is 13.1 Å². The molecule has 0 radical (unpaired) electrons. The van der Waals surface area contributed by atoms with Gasteiger partial charge in [0.15, 0.2) is 5.75 Å². The highest BCUT2D eigenvalue weighted by molar-refractivity contribution is 7.90. The fraction of sp³-hybridized carbons (Fsp3) is 0.500. The SMILES string of the molecule is O=S(=O)(Nc1cccc(Cl)c1O)N1CCCCCC1. The first-order valence-electron chi connectivity index (χ1n) is 6.26. The molecule has 2 rings (SSSR count). The Balaban J connectivity index is 2.18. The Morgan fingerprint density at radius 2 is 1.79 bits per heavy atom. The molecule has 0 atom stereocenters. The van der Waals surface area contributed by atoms with Gasteiger partial charge in [-0.25, -0.2) is 0 Å². The molecule has 1 fully saturated rings. The summed E-state index contributed by atoms with van der Waals surface area (Å²) < 4.78 is 28.3. The van der Waals surface area contributed by atoms with Gasteiger partial charge in [-0.3, -0.25) is 4.72 Å². The van der Waals surface area contributed by atoms with Crippen LogP contribution in [0, 0.1) is 0 Å². The van der Waals surface area contributed by atoms with Crippen molar-refractivity contribution in [1.82, 2.24) is 4.31 Å². The summed E-state index contributed by atoms with van der Waals surface area (Å²) in [4.78, 5) is 0. The van der Waals surface area contributed by atoms with Crippen LogP contribution in [-0.2, 0) is 10.2 Å². The zero-order valence-corrected chi connectivity index (χ0v) is 12.0. The van der Waals surface area contributed by atoms with E-state index in [2.05, 4.69) is 4.72 Å². The Hall–Kier alpha value is -0.980. The van der Waals surface area contributed by atoms with E-state index in [1.54, 1.807) is 6.07 Å². The van der Waals surface area contributed by atoms with Gasteiger partial charge in [-0.05, 0) is 25.0 Å². The first-order chi connectivity index (χ1) is 9.00. The average molecular weight is 305 g/mol. The number of halogens is 1. The van der Waals surface area contributed by atoms with Gasteiger partial charge in [0.2, 0.25) is 0 Å². The third-order valence-electron chi connectivity index (χ3n) is 3.13. The predicted molar refractivity (Wildman–Crippen MR) is 75.7 cm³/mol.